The zero-order valence-electron chi connectivity index (χ0n) is 12.9. The van der Waals surface area contributed by atoms with Crippen LogP contribution in [-0.2, 0) is 16.1 Å². The molecule has 2 aromatic rings. The average molecular weight is 343 g/mol. The van der Waals surface area contributed by atoms with Crippen molar-refractivity contribution >= 4 is 29.3 Å². The fraction of sp³-hybridized carbons (Fsp3) is 0.375. The van der Waals surface area contributed by atoms with Crippen molar-refractivity contribution in [1.82, 2.24) is 20.1 Å². The van der Waals surface area contributed by atoms with Crippen LogP contribution in [0.1, 0.15) is 31.1 Å². The third kappa shape index (κ3) is 3.14. The summed E-state index contributed by atoms with van der Waals surface area (Å²) in [5.41, 5.74) is 0.807. The van der Waals surface area contributed by atoms with Gasteiger partial charge in [-0.3, -0.25) is 9.59 Å². The van der Waals surface area contributed by atoms with E-state index in [4.69, 9.17) is 0 Å². The molecule has 1 aliphatic carbocycles. The lowest BCUT2D eigenvalue weighted by atomic mass is 10.2. The fourth-order valence-corrected chi connectivity index (χ4v) is 3.81. The molecule has 4 rings (SSSR count). The molecule has 2 aliphatic rings. The van der Waals surface area contributed by atoms with E-state index in [1.54, 1.807) is 6.33 Å². The number of carbonyl (C=O) groups excluding carboxylic acids is 2. The standard InChI is InChI=1S/C16H17N5O2S/c22-15(17-8-14-20-18-9-21(14)10-5-6-10)7-13-16(23)19-11-3-1-2-4-12(11)24-13/h1-4,9-10,13H,5-8H2,(H,17,22)(H,19,23). The van der Waals surface area contributed by atoms with Gasteiger partial charge in [-0.15, -0.1) is 22.0 Å². The second-order valence-electron chi connectivity index (χ2n) is 5.96. The highest BCUT2D eigenvalue weighted by Crippen LogP contribution is 2.37. The summed E-state index contributed by atoms with van der Waals surface area (Å²) in [4.78, 5) is 25.3. The summed E-state index contributed by atoms with van der Waals surface area (Å²) in [5.74, 6) is 0.472. The number of aromatic nitrogens is 3. The Kier molecular flexibility index (Phi) is 3.97. The minimum absolute atomic E-state index is 0.130. The van der Waals surface area contributed by atoms with Crippen LogP contribution in [0.5, 0.6) is 0 Å². The Hall–Kier alpha value is -2.35. The third-order valence-electron chi connectivity index (χ3n) is 4.11. The number of nitrogens with one attached hydrogen (secondary N) is 2. The van der Waals surface area contributed by atoms with Crippen molar-refractivity contribution in [2.24, 2.45) is 0 Å². The van der Waals surface area contributed by atoms with E-state index in [9.17, 15) is 9.59 Å². The van der Waals surface area contributed by atoms with Crippen molar-refractivity contribution in [3.63, 3.8) is 0 Å². The first-order chi connectivity index (χ1) is 11.7. The van der Waals surface area contributed by atoms with Crippen LogP contribution in [-0.4, -0.2) is 31.8 Å². The molecule has 2 heterocycles. The van der Waals surface area contributed by atoms with Crippen molar-refractivity contribution < 1.29 is 9.59 Å². The molecule has 2 amide bonds. The molecule has 1 fully saturated rings. The summed E-state index contributed by atoms with van der Waals surface area (Å²) >= 11 is 1.43. The quantitative estimate of drug-likeness (QED) is 0.863. The molecule has 1 saturated carbocycles. The molecular formula is C16H17N5O2S. The predicted octanol–water partition coefficient (Wildman–Crippen LogP) is 1.73. The number of nitrogens with zero attached hydrogens (tertiary/aromatic N) is 3. The van der Waals surface area contributed by atoms with Gasteiger partial charge in [-0.05, 0) is 25.0 Å². The third-order valence-corrected chi connectivity index (χ3v) is 5.38. The topological polar surface area (TPSA) is 88.9 Å². The minimum Gasteiger partial charge on any atom is -0.349 e. The zero-order chi connectivity index (χ0) is 16.5. The maximum absolute atomic E-state index is 12.2. The molecule has 1 unspecified atom stereocenters. The van der Waals surface area contributed by atoms with Gasteiger partial charge in [0.15, 0.2) is 5.82 Å². The van der Waals surface area contributed by atoms with E-state index in [1.807, 2.05) is 28.8 Å². The molecular weight excluding hydrogens is 326 g/mol. The molecule has 7 nitrogen and oxygen atoms in total. The summed E-state index contributed by atoms with van der Waals surface area (Å²) in [6.45, 7) is 0.338. The van der Waals surface area contributed by atoms with Crippen molar-refractivity contribution in [2.75, 3.05) is 5.32 Å². The van der Waals surface area contributed by atoms with E-state index in [0.29, 0.717) is 12.6 Å². The van der Waals surface area contributed by atoms with Gasteiger partial charge in [0, 0.05) is 17.4 Å². The summed E-state index contributed by atoms with van der Waals surface area (Å²) in [7, 11) is 0. The summed E-state index contributed by atoms with van der Waals surface area (Å²) < 4.78 is 2.01. The SMILES string of the molecule is O=C(CC1Sc2ccccc2NC1=O)NCc1nncn1C1CC1. The van der Waals surface area contributed by atoms with E-state index in [2.05, 4.69) is 20.8 Å². The number of thioether (sulfide) groups is 1. The number of rotatable bonds is 5. The van der Waals surface area contributed by atoms with E-state index in [0.717, 1.165) is 29.2 Å². The van der Waals surface area contributed by atoms with Gasteiger partial charge in [-0.1, -0.05) is 12.1 Å². The number of carbonyl (C=O) groups is 2. The van der Waals surface area contributed by atoms with Crippen LogP contribution in [0.15, 0.2) is 35.5 Å². The number of fused-ring (bicyclic) bond motifs is 1. The van der Waals surface area contributed by atoms with Crippen LogP contribution in [0.25, 0.3) is 0 Å². The van der Waals surface area contributed by atoms with E-state index < -0.39 is 5.25 Å². The van der Waals surface area contributed by atoms with Gasteiger partial charge in [-0.2, -0.15) is 0 Å². The molecule has 8 heteroatoms. The van der Waals surface area contributed by atoms with Crippen molar-refractivity contribution in [3.8, 4) is 0 Å². The van der Waals surface area contributed by atoms with Gasteiger partial charge in [0.25, 0.3) is 0 Å². The first-order valence-electron chi connectivity index (χ1n) is 7.92. The number of hydrogen-bond donors (Lipinski definition) is 2. The molecule has 2 N–H and O–H groups in total. The molecule has 1 aliphatic heterocycles. The number of anilines is 1. The summed E-state index contributed by atoms with van der Waals surface area (Å²) in [6, 6.07) is 8.08. The second-order valence-corrected chi connectivity index (χ2v) is 7.20. The first-order valence-corrected chi connectivity index (χ1v) is 8.80. The van der Waals surface area contributed by atoms with Gasteiger partial charge in [0.2, 0.25) is 11.8 Å². The van der Waals surface area contributed by atoms with Crippen molar-refractivity contribution in [2.45, 2.75) is 42.0 Å². The lowest BCUT2D eigenvalue weighted by Crippen LogP contribution is -2.35. The highest BCUT2D eigenvalue weighted by Gasteiger charge is 2.29. The lowest BCUT2D eigenvalue weighted by molar-refractivity contribution is -0.124. The molecule has 0 spiro atoms. The van der Waals surface area contributed by atoms with Crippen LogP contribution in [0.4, 0.5) is 5.69 Å². The molecule has 24 heavy (non-hydrogen) atoms. The Morgan fingerprint density at radius 2 is 2.21 bits per heavy atom. The Balaban J connectivity index is 1.34. The monoisotopic (exact) mass is 343 g/mol. The van der Waals surface area contributed by atoms with E-state index >= 15 is 0 Å². The summed E-state index contributed by atoms with van der Waals surface area (Å²) in [6.07, 6.45) is 4.12. The van der Waals surface area contributed by atoms with Crippen LogP contribution < -0.4 is 10.6 Å². The second kappa shape index (κ2) is 6.27. The normalized spacial score (nSPS) is 19.5. The number of benzene rings is 1. The fourth-order valence-electron chi connectivity index (χ4n) is 2.70. The average Bonchev–Trinajstić information content (AvgIpc) is 3.32. The van der Waals surface area contributed by atoms with Crippen molar-refractivity contribution in [3.05, 3.63) is 36.4 Å². The Morgan fingerprint density at radius 1 is 1.38 bits per heavy atom. The summed E-state index contributed by atoms with van der Waals surface area (Å²) in [5, 5.41) is 13.2. The lowest BCUT2D eigenvalue weighted by Gasteiger charge is -2.23. The smallest absolute Gasteiger partial charge is 0.238 e. The van der Waals surface area contributed by atoms with E-state index in [-0.39, 0.29) is 18.2 Å². The predicted molar refractivity (Wildman–Crippen MR) is 89.5 cm³/mol. The zero-order valence-corrected chi connectivity index (χ0v) is 13.8. The molecule has 1 aromatic carbocycles. The maximum atomic E-state index is 12.2. The van der Waals surface area contributed by atoms with Gasteiger partial charge >= 0.3 is 0 Å². The van der Waals surface area contributed by atoms with E-state index in [1.165, 1.54) is 11.8 Å². The first kappa shape index (κ1) is 15.2. The molecule has 1 aromatic heterocycles. The molecule has 0 radical (unpaired) electrons. The van der Waals surface area contributed by atoms with Crippen molar-refractivity contribution in [1.29, 1.82) is 0 Å². The maximum Gasteiger partial charge on any atom is 0.238 e. The molecule has 0 saturated heterocycles. The van der Waals surface area contributed by atoms with Gasteiger partial charge in [0.1, 0.15) is 6.33 Å². The number of para-hydroxylation sites is 1. The number of amides is 2. The highest BCUT2D eigenvalue weighted by atomic mass is 32.2. The molecule has 1 atom stereocenters. The van der Waals surface area contributed by atoms with Gasteiger partial charge in [0.05, 0.1) is 17.5 Å². The molecule has 124 valence electrons. The van der Waals surface area contributed by atoms with Crippen LogP contribution in [0.2, 0.25) is 0 Å². The largest absolute Gasteiger partial charge is 0.349 e. The van der Waals surface area contributed by atoms with Gasteiger partial charge < -0.3 is 15.2 Å². The van der Waals surface area contributed by atoms with Crippen LogP contribution in [0, 0.1) is 0 Å². The number of hydrogen-bond acceptors (Lipinski definition) is 5. The van der Waals surface area contributed by atoms with Crippen LogP contribution >= 0.6 is 11.8 Å². The minimum atomic E-state index is -0.416. The van der Waals surface area contributed by atoms with Gasteiger partial charge in [-0.25, -0.2) is 0 Å². The Morgan fingerprint density at radius 3 is 3.04 bits per heavy atom. The highest BCUT2D eigenvalue weighted by molar-refractivity contribution is 8.01. The Labute approximate surface area is 143 Å². The Bertz CT molecular complexity index is 786. The molecule has 0 bridgehead atoms. The van der Waals surface area contributed by atoms with Crippen LogP contribution in [0.3, 0.4) is 0 Å².